The van der Waals surface area contributed by atoms with Gasteiger partial charge in [0.15, 0.2) is 13.2 Å². The van der Waals surface area contributed by atoms with Gasteiger partial charge >= 0.3 is 5.97 Å². The first kappa shape index (κ1) is 19.4. The number of hydrogen-bond donors (Lipinski definition) is 1. The van der Waals surface area contributed by atoms with Gasteiger partial charge in [0, 0.05) is 17.7 Å². The molecule has 1 aliphatic heterocycles. The minimum Gasteiger partial charge on any atom is -0.497 e. The molecule has 0 aliphatic carbocycles. The predicted molar refractivity (Wildman–Crippen MR) is 105 cm³/mol. The maximum Gasteiger partial charge on any atom is 0.344 e. The second-order valence-corrected chi connectivity index (χ2v) is 6.56. The van der Waals surface area contributed by atoms with E-state index >= 15 is 0 Å². The number of nitrogens with zero attached hydrogens (tertiary/aromatic N) is 2. The molecule has 0 saturated heterocycles. The Morgan fingerprint density at radius 1 is 1.13 bits per heavy atom. The number of fused-ring (bicyclic) bond motifs is 1. The fourth-order valence-corrected chi connectivity index (χ4v) is 2.95. The molecule has 1 aliphatic rings. The third kappa shape index (κ3) is 4.57. The Bertz CT molecular complexity index is 1060. The lowest BCUT2D eigenvalue weighted by molar-refractivity contribution is -0.148. The Morgan fingerprint density at radius 2 is 1.93 bits per heavy atom. The highest BCUT2D eigenvalue weighted by molar-refractivity contribution is 5.94. The number of carbonyl (C=O) groups excluding carboxylic acids is 2. The predicted octanol–water partition coefficient (Wildman–Crippen LogP) is 2.75. The maximum atomic E-state index is 12.0. The summed E-state index contributed by atoms with van der Waals surface area (Å²) in [6, 6.07) is 12.4. The van der Waals surface area contributed by atoms with Crippen molar-refractivity contribution in [1.29, 1.82) is 0 Å². The van der Waals surface area contributed by atoms with Crippen LogP contribution in [0.25, 0.3) is 11.4 Å². The van der Waals surface area contributed by atoms with E-state index in [1.54, 1.807) is 49.6 Å². The van der Waals surface area contributed by atoms with Gasteiger partial charge in [0.05, 0.1) is 7.11 Å². The number of anilines is 1. The highest BCUT2D eigenvalue weighted by Crippen LogP contribution is 2.26. The number of benzene rings is 2. The fourth-order valence-electron chi connectivity index (χ4n) is 2.95. The van der Waals surface area contributed by atoms with Crippen LogP contribution in [0, 0.1) is 0 Å². The highest BCUT2D eigenvalue weighted by atomic mass is 16.6. The number of rotatable bonds is 7. The highest BCUT2D eigenvalue weighted by Gasteiger charge is 2.16. The number of ether oxygens (including phenoxy) is 3. The van der Waals surface area contributed by atoms with Crippen LogP contribution >= 0.6 is 0 Å². The lowest BCUT2D eigenvalue weighted by Gasteiger charge is -2.17. The molecule has 0 fully saturated rings. The van der Waals surface area contributed by atoms with E-state index in [9.17, 15) is 9.59 Å². The molecular formula is C21H19N3O6. The van der Waals surface area contributed by atoms with Gasteiger partial charge in [-0.2, -0.15) is 4.98 Å². The van der Waals surface area contributed by atoms with Crippen LogP contribution in [0.1, 0.15) is 17.9 Å². The van der Waals surface area contributed by atoms with Gasteiger partial charge < -0.3 is 24.1 Å². The first-order chi connectivity index (χ1) is 14.6. The minimum absolute atomic E-state index is 0.00378. The van der Waals surface area contributed by atoms with Gasteiger partial charge in [-0.25, -0.2) is 4.79 Å². The van der Waals surface area contributed by atoms with Crippen molar-refractivity contribution in [1.82, 2.24) is 10.1 Å². The Hall–Kier alpha value is -3.88. The zero-order valence-corrected chi connectivity index (χ0v) is 16.2. The standard InChI is InChI=1S/C21H19N3O6/c1-27-15-5-2-13(3-6-15)21-23-19(30-24-21)11-29-20(26)12-28-16-7-8-17-14(10-16)4-9-18(25)22-17/h2-3,5-8,10H,4,9,11-12H2,1H3,(H,22,25). The molecule has 1 aromatic heterocycles. The van der Waals surface area contributed by atoms with Crippen LogP contribution in [-0.2, 0) is 27.4 Å². The van der Waals surface area contributed by atoms with Gasteiger partial charge in [-0.15, -0.1) is 0 Å². The monoisotopic (exact) mass is 409 g/mol. The SMILES string of the molecule is COc1ccc(-c2noc(COC(=O)COc3ccc4c(c3)CCC(=O)N4)n2)cc1. The molecule has 9 heteroatoms. The number of carbonyl (C=O) groups is 2. The molecule has 30 heavy (non-hydrogen) atoms. The molecule has 0 unspecified atom stereocenters. The van der Waals surface area contributed by atoms with E-state index < -0.39 is 5.97 Å². The van der Waals surface area contributed by atoms with Gasteiger partial charge in [0.2, 0.25) is 11.7 Å². The van der Waals surface area contributed by atoms with Crippen molar-refractivity contribution >= 4 is 17.6 Å². The topological polar surface area (TPSA) is 113 Å². The largest absolute Gasteiger partial charge is 0.497 e. The van der Waals surface area contributed by atoms with E-state index in [0.29, 0.717) is 24.4 Å². The smallest absolute Gasteiger partial charge is 0.344 e. The summed E-state index contributed by atoms with van der Waals surface area (Å²) in [5, 5.41) is 6.67. The van der Waals surface area contributed by atoms with Crippen molar-refractivity contribution in [3.8, 4) is 22.9 Å². The van der Waals surface area contributed by atoms with E-state index in [1.807, 2.05) is 0 Å². The number of aromatic nitrogens is 2. The molecule has 154 valence electrons. The second kappa shape index (κ2) is 8.64. The number of amides is 1. The third-order valence-corrected chi connectivity index (χ3v) is 4.50. The molecule has 0 saturated carbocycles. The Kier molecular flexibility index (Phi) is 5.60. The van der Waals surface area contributed by atoms with Crippen LogP contribution in [0.3, 0.4) is 0 Å². The zero-order chi connectivity index (χ0) is 20.9. The van der Waals surface area contributed by atoms with Crippen LogP contribution in [0.15, 0.2) is 47.0 Å². The quantitative estimate of drug-likeness (QED) is 0.593. The molecule has 1 amide bonds. The van der Waals surface area contributed by atoms with Crippen molar-refractivity contribution < 1.29 is 28.3 Å². The third-order valence-electron chi connectivity index (χ3n) is 4.50. The van der Waals surface area contributed by atoms with E-state index in [0.717, 1.165) is 22.6 Å². The summed E-state index contributed by atoms with van der Waals surface area (Å²) in [5.74, 6) is 1.25. The Morgan fingerprint density at radius 3 is 2.73 bits per heavy atom. The van der Waals surface area contributed by atoms with E-state index in [-0.39, 0.29) is 25.0 Å². The molecule has 1 N–H and O–H groups in total. The normalized spacial score (nSPS) is 12.6. The summed E-state index contributed by atoms with van der Waals surface area (Å²) < 4.78 is 20.8. The van der Waals surface area contributed by atoms with E-state index in [1.165, 1.54) is 0 Å². The molecular weight excluding hydrogens is 390 g/mol. The molecule has 0 radical (unpaired) electrons. The van der Waals surface area contributed by atoms with Crippen LogP contribution in [-0.4, -0.2) is 35.7 Å². The maximum absolute atomic E-state index is 12.0. The minimum atomic E-state index is -0.565. The average molecular weight is 409 g/mol. The summed E-state index contributed by atoms with van der Waals surface area (Å²) in [7, 11) is 1.59. The van der Waals surface area contributed by atoms with Gasteiger partial charge in [0.25, 0.3) is 5.89 Å². The van der Waals surface area contributed by atoms with Gasteiger partial charge in [0.1, 0.15) is 11.5 Å². The van der Waals surface area contributed by atoms with Crippen molar-refractivity contribution in [2.45, 2.75) is 19.4 Å². The van der Waals surface area contributed by atoms with Crippen LogP contribution in [0.4, 0.5) is 5.69 Å². The summed E-state index contributed by atoms with van der Waals surface area (Å²) in [4.78, 5) is 27.6. The molecule has 0 spiro atoms. The lowest BCUT2D eigenvalue weighted by Crippen LogP contribution is -2.19. The van der Waals surface area contributed by atoms with Gasteiger partial charge in [-0.1, -0.05) is 5.16 Å². The number of nitrogens with one attached hydrogen (secondary N) is 1. The Labute approximate surface area is 171 Å². The number of esters is 1. The lowest BCUT2D eigenvalue weighted by atomic mass is 10.0. The summed E-state index contributed by atoms with van der Waals surface area (Å²) in [6.45, 7) is -0.411. The molecule has 2 aromatic carbocycles. The van der Waals surface area contributed by atoms with Gasteiger partial charge in [-0.3, -0.25) is 4.79 Å². The Balaban J connectivity index is 1.27. The number of hydrogen-bond acceptors (Lipinski definition) is 8. The molecule has 0 bridgehead atoms. The van der Waals surface area contributed by atoms with Crippen LogP contribution in [0.2, 0.25) is 0 Å². The molecule has 3 aromatic rings. The molecule has 2 heterocycles. The van der Waals surface area contributed by atoms with Crippen LogP contribution in [0.5, 0.6) is 11.5 Å². The van der Waals surface area contributed by atoms with Crippen molar-refractivity contribution in [3.05, 3.63) is 53.9 Å². The van der Waals surface area contributed by atoms with Crippen molar-refractivity contribution in [2.75, 3.05) is 19.0 Å². The van der Waals surface area contributed by atoms with Crippen molar-refractivity contribution in [3.63, 3.8) is 0 Å². The number of aryl methyl sites for hydroxylation is 1. The fraction of sp³-hybridized carbons (Fsp3) is 0.238. The number of methoxy groups -OCH3 is 1. The first-order valence-corrected chi connectivity index (χ1v) is 9.29. The van der Waals surface area contributed by atoms with E-state index in [4.69, 9.17) is 18.7 Å². The second-order valence-electron chi connectivity index (χ2n) is 6.56. The summed E-state index contributed by atoms with van der Waals surface area (Å²) in [6.07, 6.45) is 1.07. The molecule has 4 rings (SSSR count). The first-order valence-electron chi connectivity index (χ1n) is 9.29. The average Bonchev–Trinajstić information content (AvgIpc) is 3.25. The zero-order valence-electron chi connectivity index (χ0n) is 16.2. The molecule has 0 atom stereocenters. The summed E-state index contributed by atoms with van der Waals surface area (Å²) >= 11 is 0. The van der Waals surface area contributed by atoms with Crippen molar-refractivity contribution in [2.24, 2.45) is 0 Å². The van der Waals surface area contributed by atoms with E-state index in [2.05, 4.69) is 15.5 Å². The molecule has 9 nitrogen and oxygen atoms in total. The van der Waals surface area contributed by atoms with Gasteiger partial charge in [-0.05, 0) is 54.4 Å². The summed E-state index contributed by atoms with van der Waals surface area (Å²) in [5.41, 5.74) is 2.49. The van der Waals surface area contributed by atoms with Crippen LogP contribution < -0.4 is 14.8 Å².